The second-order valence-corrected chi connectivity index (χ2v) is 6.07. The number of ketones is 1. The monoisotopic (exact) mass is 304 g/mol. The molecule has 2 aromatic carbocycles. The molecule has 0 bridgehead atoms. The predicted molar refractivity (Wildman–Crippen MR) is 82.5 cm³/mol. The van der Waals surface area contributed by atoms with Gasteiger partial charge in [-0.25, -0.2) is 0 Å². The number of benzene rings is 2. The lowest BCUT2D eigenvalue weighted by Gasteiger charge is -2.03. The highest BCUT2D eigenvalue weighted by Gasteiger charge is 2.43. The maximum absolute atomic E-state index is 12.3. The Morgan fingerprint density at radius 3 is 2.50 bits per heavy atom. The van der Waals surface area contributed by atoms with Crippen LogP contribution in [0.2, 0.25) is 10.0 Å². The quantitative estimate of drug-likeness (QED) is 0.784. The van der Waals surface area contributed by atoms with Gasteiger partial charge in [-0.15, -0.1) is 0 Å². The van der Waals surface area contributed by atoms with Gasteiger partial charge in [-0.1, -0.05) is 59.6 Å². The second-order valence-electron chi connectivity index (χ2n) is 5.25. The van der Waals surface area contributed by atoms with Crippen LogP contribution >= 0.6 is 23.2 Å². The first-order chi connectivity index (χ1) is 9.65. The Morgan fingerprint density at radius 2 is 1.80 bits per heavy atom. The highest BCUT2D eigenvalue weighted by molar-refractivity contribution is 6.42. The Bertz CT molecular complexity index is 637. The maximum atomic E-state index is 12.3. The molecule has 2 aromatic rings. The van der Waals surface area contributed by atoms with Crippen molar-refractivity contribution in [2.24, 2.45) is 5.92 Å². The lowest BCUT2D eigenvalue weighted by Crippen LogP contribution is -2.06. The van der Waals surface area contributed by atoms with Crippen molar-refractivity contribution in [2.45, 2.75) is 18.8 Å². The van der Waals surface area contributed by atoms with Crippen molar-refractivity contribution < 1.29 is 4.79 Å². The Balaban J connectivity index is 1.65. The fourth-order valence-electron chi connectivity index (χ4n) is 2.60. The van der Waals surface area contributed by atoms with Crippen LogP contribution in [0.5, 0.6) is 0 Å². The molecule has 20 heavy (non-hydrogen) atoms. The van der Waals surface area contributed by atoms with Gasteiger partial charge in [-0.05, 0) is 35.6 Å². The normalized spacial score (nSPS) is 20.7. The van der Waals surface area contributed by atoms with Gasteiger partial charge in [0.25, 0.3) is 0 Å². The van der Waals surface area contributed by atoms with E-state index in [1.165, 1.54) is 5.56 Å². The molecule has 0 aliphatic heterocycles. The van der Waals surface area contributed by atoms with Crippen LogP contribution < -0.4 is 0 Å². The molecule has 0 heterocycles. The molecule has 1 saturated carbocycles. The van der Waals surface area contributed by atoms with Crippen LogP contribution in [-0.2, 0) is 11.2 Å². The summed E-state index contributed by atoms with van der Waals surface area (Å²) in [5.74, 6) is 0.843. The number of halogens is 2. The van der Waals surface area contributed by atoms with Crippen molar-refractivity contribution in [1.29, 1.82) is 0 Å². The van der Waals surface area contributed by atoms with Crippen LogP contribution in [0.4, 0.5) is 0 Å². The fourth-order valence-corrected chi connectivity index (χ4v) is 2.92. The van der Waals surface area contributed by atoms with Crippen LogP contribution in [0.15, 0.2) is 48.5 Å². The second kappa shape index (κ2) is 5.59. The molecule has 1 fully saturated rings. The summed E-state index contributed by atoms with van der Waals surface area (Å²) in [6, 6.07) is 15.6. The number of carbonyl (C=O) groups is 1. The topological polar surface area (TPSA) is 17.1 Å². The molecule has 1 nitrogen and oxygen atoms in total. The average molecular weight is 305 g/mol. The highest BCUT2D eigenvalue weighted by Crippen LogP contribution is 2.48. The SMILES string of the molecule is O=C(Cc1ccc(Cl)c(Cl)c1)C1CC1c1ccccc1. The number of rotatable bonds is 4. The molecule has 3 heteroatoms. The maximum Gasteiger partial charge on any atom is 0.140 e. The van der Waals surface area contributed by atoms with Gasteiger partial charge in [0.05, 0.1) is 10.0 Å². The predicted octanol–water partition coefficient (Wildman–Crippen LogP) is 4.91. The number of hydrogen-bond acceptors (Lipinski definition) is 1. The van der Waals surface area contributed by atoms with E-state index in [0.29, 0.717) is 22.4 Å². The third-order valence-electron chi connectivity index (χ3n) is 3.79. The fraction of sp³-hybridized carbons (Fsp3) is 0.235. The van der Waals surface area contributed by atoms with Crippen molar-refractivity contribution in [3.63, 3.8) is 0 Å². The average Bonchev–Trinajstić information content (AvgIpc) is 3.24. The molecule has 1 aliphatic rings. The van der Waals surface area contributed by atoms with Crippen LogP contribution in [0.25, 0.3) is 0 Å². The van der Waals surface area contributed by atoms with Gasteiger partial charge in [0.15, 0.2) is 0 Å². The molecule has 0 amide bonds. The third kappa shape index (κ3) is 2.89. The van der Waals surface area contributed by atoms with E-state index in [2.05, 4.69) is 12.1 Å². The minimum absolute atomic E-state index is 0.159. The molecule has 1 aliphatic carbocycles. The van der Waals surface area contributed by atoms with E-state index in [4.69, 9.17) is 23.2 Å². The summed E-state index contributed by atoms with van der Waals surface area (Å²) in [5, 5.41) is 1.03. The summed E-state index contributed by atoms with van der Waals surface area (Å²) in [5.41, 5.74) is 2.20. The van der Waals surface area contributed by atoms with Crippen molar-refractivity contribution in [3.8, 4) is 0 Å². The van der Waals surface area contributed by atoms with Crippen molar-refractivity contribution in [2.75, 3.05) is 0 Å². The molecule has 0 radical (unpaired) electrons. The van der Waals surface area contributed by atoms with E-state index in [9.17, 15) is 4.79 Å². The molecular weight excluding hydrogens is 291 g/mol. The van der Waals surface area contributed by atoms with Crippen LogP contribution in [0.3, 0.4) is 0 Å². The van der Waals surface area contributed by atoms with Crippen LogP contribution in [0.1, 0.15) is 23.5 Å². The molecule has 102 valence electrons. The van der Waals surface area contributed by atoms with E-state index in [1.54, 1.807) is 12.1 Å². The van der Waals surface area contributed by atoms with E-state index in [1.807, 2.05) is 24.3 Å². The molecule has 2 unspecified atom stereocenters. The molecular formula is C17H14Cl2O. The van der Waals surface area contributed by atoms with E-state index >= 15 is 0 Å². The van der Waals surface area contributed by atoms with E-state index < -0.39 is 0 Å². The largest absolute Gasteiger partial charge is 0.299 e. The summed E-state index contributed by atoms with van der Waals surface area (Å²) in [6.45, 7) is 0. The third-order valence-corrected chi connectivity index (χ3v) is 4.53. The molecule has 0 saturated heterocycles. The molecule has 0 spiro atoms. The Morgan fingerprint density at radius 1 is 1.05 bits per heavy atom. The van der Waals surface area contributed by atoms with Crippen molar-refractivity contribution >= 4 is 29.0 Å². The number of Topliss-reactive ketones (excluding diaryl/α,β-unsaturated/α-hetero) is 1. The van der Waals surface area contributed by atoms with Gasteiger partial charge in [0.1, 0.15) is 5.78 Å². The highest BCUT2D eigenvalue weighted by atomic mass is 35.5. The summed E-state index contributed by atoms with van der Waals surface area (Å²) < 4.78 is 0. The van der Waals surface area contributed by atoms with Gasteiger partial charge >= 0.3 is 0 Å². The zero-order valence-electron chi connectivity index (χ0n) is 10.9. The number of hydrogen-bond donors (Lipinski definition) is 0. The summed E-state index contributed by atoms with van der Waals surface area (Å²) in [4.78, 5) is 12.3. The van der Waals surface area contributed by atoms with Gasteiger partial charge in [0.2, 0.25) is 0 Å². The van der Waals surface area contributed by atoms with Crippen molar-refractivity contribution in [1.82, 2.24) is 0 Å². The Hall–Kier alpha value is -1.31. The van der Waals surface area contributed by atoms with Crippen LogP contribution in [-0.4, -0.2) is 5.78 Å². The molecule has 2 atom stereocenters. The van der Waals surface area contributed by atoms with E-state index in [-0.39, 0.29) is 11.7 Å². The first-order valence-electron chi connectivity index (χ1n) is 6.67. The lowest BCUT2D eigenvalue weighted by atomic mass is 10.0. The lowest BCUT2D eigenvalue weighted by molar-refractivity contribution is -0.119. The van der Waals surface area contributed by atoms with Gasteiger partial charge in [-0.2, -0.15) is 0 Å². The summed E-state index contributed by atoms with van der Waals surface area (Å²) in [7, 11) is 0. The first-order valence-corrected chi connectivity index (χ1v) is 7.42. The Labute approximate surface area is 128 Å². The zero-order valence-corrected chi connectivity index (χ0v) is 12.4. The van der Waals surface area contributed by atoms with E-state index in [0.717, 1.165) is 12.0 Å². The number of carbonyl (C=O) groups excluding carboxylic acids is 1. The summed E-state index contributed by atoms with van der Waals surface area (Å²) >= 11 is 11.9. The van der Waals surface area contributed by atoms with Gasteiger partial charge in [-0.3, -0.25) is 4.79 Å². The van der Waals surface area contributed by atoms with Gasteiger partial charge in [0, 0.05) is 12.3 Å². The zero-order chi connectivity index (χ0) is 14.1. The summed E-state index contributed by atoms with van der Waals surface area (Å²) in [6.07, 6.45) is 1.40. The smallest absolute Gasteiger partial charge is 0.140 e. The van der Waals surface area contributed by atoms with Crippen molar-refractivity contribution in [3.05, 3.63) is 69.7 Å². The van der Waals surface area contributed by atoms with Crippen LogP contribution in [0, 0.1) is 5.92 Å². The van der Waals surface area contributed by atoms with Gasteiger partial charge < -0.3 is 0 Å². The molecule has 0 N–H and O–H groups in total. The molecule has 0 aromatic heterocycles. The minimum Gasteiger partial charge on any atom is -0.299 e. The first kappa shape index (κ1) is 13.7. The molecule has 3 rings (SSSR count). The Kier molecular flexibility index (Phi) is 3.82. The minimum atomic E-state index is 0.159. The standard InChI is InChI=1S/C17H14Cl2O/c18-15-7-6-11(8-16(15)19)9-17(20)14-10-13(14)12-4-2-1-3-5-12/h1-8,13-14H,9-10H2.